The molecule has 0 bridgehead atoms. The highest BCUT2D eigenvalue weighted by Gasteiger charge is 2.43. The number of alkyl halides is 1. The summed E-state index contributed by atoms with van der Waals surface area (Å²) in [5, 5.41) is 7.19. The Kier molecular flexibility index (Phi) is 4.23. The van der Waals surface area contributed by atoms with E-state index in [0.717, 1.165) is 10.8 Å². The van der Waals surface area contributed by atoms with E-state index in [1.807, 2.05) is 0 Å². The van der Waals surface area contributed by atoms with E-state index in [2.05, 4.69) is 25.6 Å². The van der Waals surface area contributed by atoms with Crippen LogP contribution in [0.4, 0.5) is 16.0 Å². The number of carbonyl (C=O) groups is 1. The Morgan fingerprint density at radius 1 is 1.23 bits per heavy atom. The first-order valence-electron chi connectivity index (χ1n) is 9.44. The van der Waals surface area contributed by atoms with Crippen LogP contribution in [0.2, 0.25) is 0 Å². The molecule has 0 radical (unpaired) electrons. The number of carbonyl (C=O) groups excluding carboxylic acids is 1. The Morgan fingerprint density at radius 3 is 2.80 bits per heavy atom. The third kappa shape index (κ3) is 3.08. The van der Waals surface area contributed by atoms with E-state index in [-0.39, 0.29) is 12.3 Å². The molecule has 3 aromatic heterocycles. The molecule has 1 amide bonds. The molecular weight excluding hydrogens is 389 g/mol. The van der Waals surface area contributed by atoms with Gasteiger partial charge in [-0.2, -0.15) is 0 Å². The number of amides is 1. The topological polar surface area (TPSA) is 102 Å². The summed E-state index contributed by atoms with van der Waals surface area (Å²) in [6, 6.07) is 7.09. The molecule has 30 heavy (non-hydrogen) atoms. The Balaban J connectivity index is 1.61. The predicted molar refractivity (Wildman–Crippen MR) is 110 cm³/mol. The summed E-state index contributed by atoms with van der Waals surface area (Å²) >= 11 is 0. The second-order valence-electron chi connectivity index (χ2n) is 7.09. The van der Waals surface area contributed by atoms with Crippen molar-refractivity contribution >= 4 is 39.4 Å². The fourth-order valence-electron chi connectivity index (χ4n) is 3.38. The van der Waals surface area contributed by atoms with E-state index in [1.165, 1.54) is 0 Å². The van der Waals surface area contributed by atoms with Gasteiger partial charge in [-0.15, -0.1) is 0 Å². The van der Waals surface area contributed by atoms with Gasteiger partial charge in [-0.25, -0.2) is 19.3 Å². The highest BCUT2D eigenvalue weighted by atomic mass is 19.1. The number of rotatable bonds is 5. The first kappa shape index (κ1) is 18.3. The van der Waals surface area contributed by atoms with Gasteiger partial charge in [-0.1, -0.05) is 0 Å². The maximum Gasteiger partial charge on any atom is 0.231 e. The van der Waals surface area contributed by atoms with Crippen LogP contribution in [-0.2, 0) is 4.79 Å². The van der Waals surface area contributed by atoms with Gasteiger partial charge in [-0.05, 0) is 24.6 Å². The maximum absolute atomic E-state index is 13.2. The van der Waals surface area contributed by atoms with Gasteiger partial charge in [0.15, 0.2) is 5.58 Å². The molecule has 1 saturated carbocycles. The first-order valence-corrected chi connectivity index (χ1v) is 9.44. The Morgan fingerprint density at radius 2 is 2.07 bits per heavy atom. The van der Waals surface area contributed by atoms with Crippen LogP contribution >= 0.6 is 0 Å². The number of benzene rings is 1. The van der Waals surface area contributed by atoms with Crippen LogP contribution in [-0.4, -0.2) is 41.2 Å². The predicted octanol–water partition coefficient (Wildman–Crippen LogP) is 3.78. The normalized spacial score (nSPS) is 17.8. The van der Waals surface area contributed by atoms with Gasteiger partial charge in [0.1, 0.15) is 29.1 Å². The number of pyridine rings is 2. The van der Waals surface area contributed by atoms with Crippen molar-refractivity contribution in [2.45, 2.75) is 12.6 Å². The molecule has 1 aliphatic carbocycles. The summed E-state index contributed by atoms with van der Waals surface area (Å²) in [5.74, 6) is 1.05. The summed E-state index contributed by atoms with van der Waals surface area (Å²) in [5.41, 5.74) is 1.91. The zero-order chi connectivity index (χ0) is 20.8. The summed E-state index contributed by atoms with van der Waals surface area (Å²) in [7, 11) is 3.35. The molecule has 0 spiro atoms. The molecule has 0 unspecified atom stereocenters. The Labute approximate surface area is 170 Å². The minimum atomic E-state index is -1.07. The van der Waals surface area contributed by atoms with Gasteiger partial charge < -0.3 is 19.8 Å². The van der Waals surface area contributed by atoms with Crippen LogP contribution < -0.4 is 15.4 Å². The van der Waals surface area contributed by atoms with Gasteiger partial charge in [0.2, 0.25) is 11.8 Å². The number of hydrogen-bond donors (Lipinski definition) is 2. The van der Waals surface area contributed by atoms with E-state index in [1.54, 1.807) is 50.8 Å². The average Bonchev–Trinajstić information content (AvgIpc) is 3.35. The van der Waals surface area contributed by atoms with Crippen LogP contribution in [0, 0.1) is 5.92 Å². The first-order chi connectivity index (χ1) is 14.6. The number of nitrogens with zero attached hydrogens (tertiary/aromatic N) is 3. The molecule has 9 heteroatoms. The smallest absolute Gasteiger partial charge is 0.231 e. The Bertz CT molecular complexity index is 1290. The lowest BCUT2D eigenvalue weighted by Gasteiger charge is -2.10. The van der Waals surface area contributed by atoms with E-state index >= 15 is 0 Å². The molecule has 1 aromatic carbocycles. The summed E-state index contributed by atoms with van der Waals surface area (Å²) in [6.07, 6.45) is 2.45. The quantitative estimate of drug-likeness (QED) is 0.519. The van der Waals surface area contributed by atoms with Gasteiger partial charge >= 0.3 is 0 Å². The number of anilines is 2. The van der Waals surface area contributed by atoms with Crippen LogP contribution in [0.15, 0.2) is 41.1 Å². The summed E-state index contributed by atoms with van der Waals surface area (Å²) in [6.45, 7) is 0. The second-order valence-corrected chi connectivity index (χ2v) is 7.09. The average molecular weight is 407 g/mol. The zero-order valence-electron chi connectivity index (χ0n) is 16.3. The third-order valence-corrected chi connectivity index (χ3v) is 5.13. The lowest BCUT2D eigenvalue weighted by atomic mass is 10.1. The number of ether oxygens (including phenoxy) is 1. The molecule has 2 atom stereocenters. The van der Waals surface area contributed by atoms with Crippen LogP contribution in [0.25, 0.3) is 33.3 Å². The number of oxazole rings is 1. The monoisotopic (exact) mass is 407 g/mol. The minimum absolute atomic E-state index is 0.255. The van der Waals surface area contributed by atoms with Crippen molar-refractivity contribution in [2.75, 3.05) is 24.8 Å². The highest BCUT2D eigenvalue weighted by Crippen LogP contribution is 2.36. The van der Waals surface area contributed by atoms with Crippen molar-refractivity contribution in [2.24, 2.45) is 5.92 Å². The number of nitrogens with one attached hydrogen (secondary N) is 2. The molecule has 152 valence electrons. The Hall–Kier alpha value is -3.75. The van der Waals surface area contributed by atoms with Gasteiger partial charge in [0.25, 0.3) is 0 Å². The maximum atomic E-state index is 13.2. The van der Waals surface area contributed by atoms with E-state index in [4.69, 9.17) is 9.15 Å². The van der Waals surface area contributed by atoms with E-state index in [0.29, 0.717) is 39.9 Å². The molecule has 8 nitrogen and oxygen atoms in total. The van der Waals surface area contributed by atoms with Crippen LogP contribution in [0.1, 0.15) is 6.42 Å². The van der Waals surface area contributed by atoms with Gasteiger partial charge in [0.05, 0.1) is 18.6 Å². The zero-order valence-corrected chi connectivity index (χ0v) is 16.3. The molecular formula is C21H18FN5O3. The number of hydrogen-bond acceptors (Lipinski definition) is 7. The molecule has 0 saturated heterocycles. The van der Waals surface area contributed by atoms with Gasteiger partial charge in [-0.3, -0.25) is 4.79 Å². The third-order valence-electron chi connectivity index (χ3n) is 5.13. The summed E-state index contributed by atoms with van der Waals surface area (Å²) < 4.78 is 24.4. The van der Waals surface area contributed by atoms with Crippen molar-refractivity contribution < 1.29 is 18.3 Å². The highest BCUT2D eigenvalue weighted by molar-refractivity contribution is 6.03. The molecule has 4 aromatic rings. The molecule has 5 rings (SSSR count). The summed E-state index contributed by atoms with van der Waals surface area (Å²) in [4.78, 5) is 25.4. The van der Waals surface area contributed by atoms with Gasteiger partial charge in [0, 0.05) is 36.3 Å². The van der Waals surface area contributed by atoms with Crippen LogP contribution in [0.5, 0.6) is 5.75 Å². The van der Waals surface area contributed by atoms with Crippen molar-refractivity contribution in [1.29, 1.82) is 0 Å². The van der Waals surface area contributed by atoms with E-state index < -0.39 is 12.1 Å². The second kappa shape index (κ2) is 6.94. The number of fused-ring (bicyclic) bond motifs is 2. The number of halogens is 1. The molecule has 1 fully saturated rings. The fourth-order valence-corrected chi connectivity index (χ4v) is 3.38. The largest absolute Gasteiger partial charge is 0.497 e. The molecule has 2 N–H and O–H groups in total. The van der Waals surface area contributed by atoms with Crippen molar-refractivity contribution in [3.63, 3.8) is 0 Å². The van der Waals surface area contributed by atoms with Crippen molar-refractivity contribution in [3.05, 3.63) is 36.7 Å². The van der Waals surface area contributed by atoms with Crippen molar-refractivity contribution in [3.8, 4) is 17.2 Å². The standard InChI is InChI=1S/C21H18FN5O3/c1-23-19-13-8-24-18(27-20(28)12-6-15(12)22)7-11(13)14(9-25-19)21-26-16-5-10(29-2)3-4-17(16)30-21/h3-5,7-9,12,15H,6H2,1-2H3,(H,23,25)(H,24,27,28)/t12-,15-/m1/s1. The van der Waals surface area contributed by atoms with Crippen molar-refractivity contribution in [1.82, 2.24) is 15.0 Å². The number of methoxy groups -OCH3 is 1. The lowest BCUT2D eigenvalue weighted by molar-refractivity contribution is -0.117. The SMILES string of the molecule is CNc1ncc(-c2nc3cc(OC)ccc3o2)c2cc(NC(=O)[C@@H]3C[C@H]3F)ncc12. The molecule has 1 aliphatic rings. The van der Waals surface area contributed by atoms with E-state index in [9.17, 15) is 9.18 Å². The fraction of sp³-hybridized carbons (Fsp3) is 0.238. The lowest BCUT2D eigenvalue weighted by Crippen LogP contribution is -2.15. The minimum Gasteiger partial charge on any atom is -0.497 e. The molecule has 0 aliphatic heterocycles. The number of aromatic nitrogens is 3. The molecule has 3 heterocycles. The van der Waals surface area contributed by atoms with Crippen LogP contribution in [0.3, 0.4) is 0 Å².